The smallest absolute Gasteiger partial charge is 0.462 e. The quantitative estimate of drug-likeness (QED) is 0.0222. The number of esters is 4. The number of phosphoric ester groups is 2. The van der Waals surface area contributed by atoms with Gasteiger partial charge < -0.3 is 33.8 Å². The first kappa shape index (κ1) is 96.1. The van der Waals surface area contributed by atoms with Crippen molar-refractivity contribution >= 4 is 39.5 Å². The van der Waals surface area contributed by atoms with Crippen molar-refractivity contribution in [2.75, 3.05) is 39.6 Å². The molecule has 3 N–H and O–H groups in total. The number of aliphatic hydroxyl groups is 1. The number of ether oxygens (including phenoxy) is 4. The van der Waals surface area contributed by atoms with E-state index in [1.807, 2.05) is 0 Å². The van der Waals surface area contributed by atoms with Crippen molar-refractivity contribution in [3.8, 4) is 0 Å². The molecule has 0 bridgehead atoms. The lowest BCUT2D eigenvalue weighted by molar-refractivity contribution is -0.161. The van der Waals surface area contributed by atoms with E-state index in [1.54, 1.807) is 0 Å². The molecular formula is C79H154O17P2. The molecule has 0 fully saturated rings. The molecule has 0 rings (SSSR count). The topological polar surface area (TPSA) is 237 Å². The highest BCUT2D eigenvalue weighted by Gasteiger charge is 2.30. The standard InChI is InChI=1S/C79H154O17P2/c1-7-9-11-13-15-16-17-18-19-20-21-22-23-24-27-34-39-45-51-57-63-79(84)96-75(68-90-77(82)62-56-50-44-38-33-28-25-26-31-36-42-47-53-59-71(3)4)70-94-98(87,88)92-66-73(80)65-91-97(85,86)93-69-74(67-89-76(81)61-55-49-41-14-12-10-8-2)95-78(83)64-58-52-46-40-35-30-29-32-37-43-48-54-60-72(5)6/h71-75,80H,7-70H2,1-6H3,(H,85,86)(H,87,88)/t73-,74+,75+/m0/s1. The molecule has 0 saturated heterocycles. The number of hydrogen-bond donors (Lipinski definition) is 3. The van der Waals surface area contributed by atoms with Crippen molar-refractivity contribution in [3.05, 3.63) is 0 Å². The Kier molecular flexibility index (Phi) is 69.3. The fourth-order valence-electron chi connectivity index (χ4n) is 12.2. The van der Waals surface area contributed by atoms with E-state index < -0.39 is 97.5 Å². The van der Waals surface area contributed by atoms with E-state index in [4.69, 9.17) is 37.0 Å². The Balaban J connectivity index is 5.18. The van der Waals surface area contributed by atoms with Gasteiger partial charge in [-0.3, -0.25) is 37.3 Å². The zero-order valence-corrected chi connectivity index (χ0v) is 65.9. The summed E-state index contributed by atoms with van der Waals surface area (Å²) in [6.07, 6.45) is 59.8. The molecule has 19 heteroatoms. The molecule has 0 aromatic rings. The average Bonchev–Trinajstić information content (AvgIpc) is 1.05. The van der Waals surface area contributed by atoms with E-state index in [9.17, 15) is 43.2 Å². The molecule has 0 amide bonds. The Morgan fingerprint density at radius 3 is 0.694 bits per heavy atom. The van der Waals surface area contributed by atoms with Crippen molar-refractivity contribution in [3.63, 3.8) is 0 Å². The summed E-state index contributed by atoms with van der Waals surface area (Å²) in [5, 5.41) is 10.6. The highest BCUT2D eigenvalue weighted by Crippen LogP contribution is 2.45. The molecular weight excluding hydrogens is 1280 g/mol. The third kappa shape index (κ3) is 72.4. The summed E-state index contributed by atoms with van der Waals surface area (Å²) in [5.41, 5.74) is 0. The van der Waals surface area contributed by atoms with Gasteiger partial charge in [-0.15, -0.1) is 0 Å². The van der Waals surface area contributed by atoms with Crippen LogP contribution in [0.1, 0.15) is 414 Å². The molecule has 0 aliphatic carbocycles. The van der Waals surface area contributed by atoms with Crippen LogP contribution >= 0.6 is 15.6 Å². The van der Waals surface area contributed by atoms with Crippen LogP contribution in [0.2, 0.25) is 0 Å². The third-order valence-corrected chi connectivity index (χ3v) is 20.4. The minimum Gasteiger partial charge on any atom is -0.462 e. The molecule has 5 atom stereocenters. The number of aliphatic hydroxyl groups excluding tert-OH is 1. The van der Waals surface area contributed by atoms with Crippen LogP contribution in [0.3, 0.4) is 0 Å². The fraction of sp³-hybridized carbons (Fsp3) is 0.949. The number of phosphoric acid groups is 2. The number of rotatable bonds is 78. The van der Waals surface area contributed by atoms with E-state index in [0.717, 1.165) is 115 Å². The first-order valence-corrected chi connectivity index (χ1v) is 44.0. The Labute approximate surface area is 600 Å². The van der Waals surface area contributed by atoms with Crippen LogP contribution in [-0.2, 0) is 65.4 Å². The third-order valence-electron chi connectivity index (χ3n) is 18.5. The molecule has 0 aliphatic rings. The van der Waals surface area contributed by atoms with E-state index in [2.05, 4.69) is 41.5 Å². The fourth-order valence-corrected chi connectivity index (χ4v) is 13.8. The van der Waals surface area contributed by atoms with Crippen LogP contribution in [-0.4, -0.2) is 96.7 Å². The molecule has 0 spiro atoms. The number of hydrogen-bond acceptors (Lipinski definition) is 15. The minimum atomic E-state index is -4.96. The van der Waals surface area contributed by atoms with Crippen molar-refractivity contribution in [2.24, 2.45) is 11.8 Å². The van der Waals surface area contributed by atoms with Crippen LogP contribution in [0.25, 0.3) is 0 Å². The molecule has 0 radical (unpaired) electrons. The van der Waals surface area contributed by atoms with Gasteiger partial charge in [-0.1, -0.05) is 363 Å². The molecule has 17 nitrogen and oxygen atoms in total. The molecule has 0 aromatic heterocycles. The minimum absolute atomic E-state index is 0.107. The average molecular weight is 1440 g/mol. The number of carbonyl (C=O) groups is 4. The molecule has 0 saturated carbocycles. The van der Waals surface area contributed by atoms with Gasteiger partial charge >= 0.3 is 39.5 Å². The number of carbonyl (C=O) groups excluding carboxylic acids is 4. The lowest BCUT2D eigenvalue weighted by atomic mass is 10.0. The maximum Gasteiger partial charge on any atom is 0.472 e. The van der Waals surface area contributed by atoms with Gasteiger partial charge in [-0.2, -0.15) is 0 Å². The molecule has 2 unspecified atom stereocenters. The van der Waals surface area contributed by atoms with Gasteiger partial charge in [0.2, 0.25) is 0 Å². The summed E-state index contributed by atoms with van der Waals surface area (Å²) in [7, 11) is -9.91. The summed E-state index contributed by atoms with van der Waals surface area (Å²) in [5.74, 6) is -0.548. The summed E-state index contributed by atoms with van der Waals surface area (Å²) < 4.78 is 68.5. The Morgan fingerprint density at radius 2 is 0.469 bits per heavy atom. The van der Waals surface area contributed by atoms with Crippen LogP contribution in [0, 0.1) is 11.8 Å². The largest absolute Gasteiger partial charge is 0.472 e. The molecule has 0 aromatic carbocycles. The van der Waals surface area contributed by atoms with Gasteiger partial charge in [0.25, 0.3) is 0 Å². The summed E-state index contributed by atoms with van der Waals surface area (Å²) in [4.78, 5) is 72.8. The van der Waals surface area contributed by atoms with Gasteiger partial charge in [0, 0.05) is 25.7 Å². The normalized spacial score (nSPS) is 13.9. The number of unbranched alkanes of at least 4 members (excludes halogenated alkanes) is 48. The Morgan fingerprint density at radius 1 is 0.276 bits per heavy atom. The molecule has 0 aliphatic heterocycles. The second-order valence-electron chi connectivity index (χ2n) is 29.4. The monoisotopic (exact) mass is 1440 g/mol. The van der Waals surface area contributed by atoms with Crippen molar-refractivity contribution in [1.82, 2.24) is 0 Å². The first-order chi connectivity index (χ1) is 47.4. The zero-order valence-electron chi connectivity index (χ0n) is 64.1. The van der Waals surface area contributed by atoms with Crippen LogP contribution < -0.4 is 0 Å². The predicted octanol–water partition coefficient (Wildman–Crippen LogP) is 23.5. The van der Waals surface area contributed by atoms with E-state index >= 15 is 0 Å². The highest BCUT2D eigenvalue weighted by molar-refractivity contribution is 7.47. The molecule has 582 valence electrons. The van der Waals surface area contributed by atoms with Gasteiger partial charge in [0.05, 0.1) is 26.4 Å². The van der Waals surface area contributed by atoms with E-state index in [1.165, 1.54) is 218 Å². The maximum atomic E-state index is 13.1. The van der Waals surface area contributed by atoms with Gasteiger partial charge in [-0.05, 0) is 37.5 Å². The zero-order chi connectivity index (χ0) is 72.1. The van der Waals surface area contributed by atoms with Crippen LogP contribution in [0.5, 0.6) is 0 Å². The second-order valence-corrected chi connectivity index (χ2v) is 32.3. The lowest BCUT2D eigenvalue weighted by Crippen LogP contribution is -2.30. The van der Waals surface area contributed by atoms with Gasteiger partial charge in [0.15, 0.2) is 12.2 Å². The van der Waals surface area contributed by atoms with Crippen molar-refractivity contribution in [2.45, 2.75) is 432 Å². The predicted molar refractivity (Wildman–Crippen MR) is 400 cm³/mol. The Bertz CT molecular complexity index is 1890. The van der Waals surface area contributed by atoms with Crippen LogP contribution in [0.4, 0.5) is 0 Å². The summed E-state index contributed by atoms with van der Waals surface area (Å²) in [6.45, 7) is 9.61. The first-order valence-electron chi connectivity index (χ1n) is 41.0. The summed E-state index contributed by atoms with van der Waals surface area (Å²) >= 11 is 0. The SMILES string of the molecule is CCCCCCCCCCCCCCCCCCCCCCC(=O)O[C@H](COC(=O)CCCCCCCCCCCCCCCC(C)C)COP(=O)(O)OC[C@@H](O)COP(=O)(O)OC[C@@H](COC(=O)CCCCCCCCC)OC(=O)CCCCCCCCCCCCCCC(C)C. The summed E-state index contributed by atoms with van der Waals surface area (Å²) in [6, 6.07) is 0. The van der Waals surface area contributed by atoms with Gasteiger partial charge in [-0.25, -0.2) is 9.13 Å². The van der Waals surface area contributed by atoms with Crippen molar-refractivity contribution < 1.29 is 80.2 Å². The van der Waals surface area contributed by atoms with Gasteiger partial charge in [0.1, 0.15) is 19.3 Å². The van der Waals surface area contributed by atoms with E-state index in [0.29, 0.717) is 25.7 Å². The highest BCUT2D eigenvalue weighted by atomic mass is 31.2. The molecule has 98 heavy (non-hydrogen) atoms. The maximum absolute atomic E-state index is 13.1. The van der Waals surface area contributed by atoms with Crippen LogP contribution in [0.15, 0.2) is 0 Å². The second kappa shape index (κ2) is 70.7. The lowest BCUT2D eigenvalue weighted by Gasteiger charge is -2.21. The Hall–Kier alpha value is -1.94. The molecule has 0 heterocycles. The van der Waals surface area contributed by atoms with E-state index in [-0.39, 0.29) is 25.7 Å². The van der Waals surface area contributed by atoms with Crippen molar-refractivity contribution in [1.29, 1.82) is 0 Å².